The lowest BCUT2D eigenvalue weighted by atomic mass is 10.2. The van der Waals surface area contributed by atoms with E-state index >= 15 is 0 Å². The second-order valence-corrected chi connectivity index (χ2v) is 5.99. The van der Waals surface area contributed by atoms with Crippen molar-refractivity contribution in [1.82, 2.24) is 4.90 Å². The lowest BCUT2D eigenvalue weighted by molar-refractivity contribution is -0.237. The molecule has 0 aromatic heterocycles. The minimum Gasteiger partial charge on any atom is -0.412 e. The zero-order chi connectivity index (χ0) is 22.3. The van der Waals surface area contributed by atoms with Gasteiger partial charge in [0.2, 0.25) is 0 Å². The van der Waals surface area contributed by atoms with Crippen molar-refractivity contribution in [2.75, 3.05) is 0 Å². The summed E-state index contributed by atoms with van der Waals surface area (Å²) in [7, 11) is 0. The molecule has 0 N–H and O–H groups in total. The van der Waals surface area contributed by atoms with Crippen LogP contribution in [0.3, 0.4) is 0 Å². The van der Waals surface area contributed by atoms with Crippen LogP contribution in [0.4, 0.5) is 39.5 Å². The minimum atomic E-state index is -5.74. The van der Waals surface area contributed by atoms with Gasteiger partial charge in [0.1, 0.15) is 0 Å². The first-order valence-electron chi connectivity index (χ1n) is 7.42. The third-order valence-corrected chi connectivity index (χ3v) is 3.08. The molecule has 0 amide bonds. The number of aliphatic imine (C=N–C) groups is 2. The molecule has 162 valence electrons. The summed E-state index contributed by atoms with van der Waals surface area (Å²) >= 11 is 0. The van der Waals surface area contributed by atoms with Crippen LogP contribution in [-0.4, -0.2) is 59.3 Å². The minimum absolute atomic E-state index is 0.524. The van der Waals surface area contributed by atoms with E-state index < -0.39 is 54.4 Å². The Morgan fingerprint density at radius 3 is 1.50 bits per heavy atom. The Bertz CT molecular complexity index is 625. The molecule has 6 nitrogen and oxygen atoms in total. The van der Waals surface area contributed by atoms with E-state index in [1.54, 1.807) is 0 Å². The van der Waals surface area contributed by atoms with Crippen LogP contribution in [0.1, 0.15) is 27.7 Å². The van der Waals surface area contributed by atoms with Gasteiger partial charge in [-0.2, -0.15) is 49.5 Å². The predicted molar refractivity (Wildman–Crippen MR) is 75.1 cm³/mol. The second-order valence-electron chi connectivity index (χ2n) is 5.99. The fourth-order valence-electron chi connectivity index (χ4n) is 2.33. The van der Waals surface area contributed by atoms with Crippen LogP contribution in [0.15, 0.2) is 9.98 Å². The molecule has 1 aliphatic rings. The highest BCUT2D eigenvalue weighted by atomic mass is 19.4. The summed E-state index contributed by atoms with van der Waals surface area (Å²) in [6.45, 7) is 4.85. The molecule has 0 saturated carbocycles. The van der Waals surface area contributed by atoms with Crippen molar-refractivity contribution in [2.24, 2.45) is 9.98 Å². The van der Waals surface area contributed by atoms with E-state index in [0.29, 0.717) is 4.90 Å². The molecule has 0 aliphatic carbocycles. The van der Waals surface area contributed by atoms with Gasteiger partial charge in [-0.1, -0.05) is 0 Å². The lowest BCUT2D eigenvalue weighted by Gasteiger charge is -2.43. The number of esters is 1. The Kier molecular flexibility index (Phi) is 6.34. The van der Waals surface area contributed by atoms with Gasteiger partial charge < -0.3 is 9.47 Å². The summed E-state index contributed by atoms with van der Waals surface area (Å²) in [5.74, 6) is -11.9. The van der Waals surface area contributed by atoms with Crippen molar-refractivity contribution in [3.63, 3.8) is 0 Å². The standard InChI is InChI=1S/C13H14F9N3O3/c1-5(2)25(6(3)4)13(28-9(26)12(20,21)22)23-7(10(14,15)16)27-8(24-13)11(17,18)19/h5-6H,1-4H3. The zero-order valence-electron chi connectivity index (χ0n) is 14.6. The summed E-state index contributed by atoms with van der Waals surface area (Å²) in [4.78, 5) is 17.2. The third kappa shape index (κ3) is 5.26. The van der Waals surface area contributed by atoms with E-state index in [1.165, 1.54) is 27.7 Å². The van der Waals surface area contributed by atoms with Crippen LogP contribution in [0.2, 0.25) is 0 Å². The molecule has 28 heavy (non-hydrogen) atoms. The van der Waals surface area contributed by atoms with Gasteiger partial charge in [0.15, 0.2) is 0 Å². The number of rotatable bonds is 4. The average molecular weight is 431 g/mol. The van der Waals surface area contributed by atoms with E-state index in [9.17, 15) is 44.3 Å². The summed E-state index contributed by atoms with van der Waals surface area (Å²) < 4.78 is 124. The molecule has 1 aliphatic heterocycles. The molecule has 0 aromatic carbocycles. The van der Waals surface area contributed by atoms with E-state index in [4.69, 9.17) is 0 Å². The molecule has 0 radical (unpaired) electrons. The molecule has 1 rings (SSSR count). The number of alkyl halides is 9. The summed E-state index contributed by atoms with van der Waals surface area (Å²) in [5, 5.41) is 0. The third-order valence-electron chi connectivity index (χ3n) is 3.08. The highest BCUT2D eigenvalue weighted by molar-refractivity contribution is 5.98. The number of halogens is 9. The van der Waals surface area contributed by atoms with Crippen molar-refractivity contribution in [3.05, 3.63) is 0 Å². The number of nitrogens with zero attached hydrogens (tertiary/aromatic N) is 3. The SMILES string of the molecule is CC(C)N(C(C)C)C1(OC(=O)C(F)(F)F)N=C(C(F)(F)F)OC(C(F)(F)F)=N1. The largest absolute Gasteiger partial charge is 0.491 e. The normalized spacial score (nSPS) is 18.1. The Morgan fingerprint density at radius 1 is 0.893 bits per heavy atom. The first-order chi connectivity index (χ1) is 12.3. The fourth-order valence-corrected chi connectivity index (χ4v) is 2.33. The van der Waals surface area contributed by atoms with Crippen LogP contribution < -0.4 is 0 Å². The van der Waals surface area contributed by atoms with E-state index in [1.807, 2.05) is 0 Å². The number of hydrogen-bond donors (Lipinski definition) is 0. The topological polar surface area (TPSA) is 63.5 Å². The van der Waals surface area contributed by atoms with E-state index in [0.717, 1.165) is 0 Å². The zero-order valence-corrected chi connectivity index (χ0v) is 14.6. The molecule has 15 heteroatoms. The van der Waals surface area contributed by atoms with Gasteiger partial charge in [-0.25, -0.2) is 9.69 Å². The molecule has 0 bridgehead atoms. The van der Waals surface area contributed by atoms with Crippen LogP contribution in [0.25, 0.3) is 0 Å². The highest BCUT2D eigenvalue weighted by Gasteiger charge is 2.58. The molecular weight excluding hydrogens is 417 g/mol. The lowest BCUT2D eigenvalue weighted by Crippen LogP contribution is -2.60. The fraction of sp³-hybridized carbons (Fsp3) is 0.769. The van der Waals surface area contributed by atoms with Gasteiger partial charge in [0, 0.05) is 12.1 Å². The first-order valence-corrected chi connectivity index (χ1v) is 7.42. The van der Waals surface area contributed by atoms with Crippen molar-refractivity contribution < 1.29 is 53.8 Å². The number of carbonyl (C=O) groups is 1. The monoisotopic (exact) mass is 431 g/mol. The maximum absolute atomic E-state index is 13.0. The first kappa shape index (κ1) is 24.0. The molecule has 0 spiro atoms. The van der Waals surface area contributed by atoms with Crippen molar-refractivity contribution >= 4 is 17.8 Å². The number of hydrogen-bond acceptors (Lipinski definition) is 6. The van der Waals surface area contributed by atoms with Crippen molar-refractivity contribution in [1.29, 1.82) is 0 Å². The molecule has 0 saturated heterocycles. The summed E-state index contributed by atoms with van der Waals surface area (Å²) in [6, 6.07) is -2.12. The highest BCUT2D eigenvalue weighted by Crippen LogP contribution is 2.37. The molecule has 0 unspecified atom stereocenters. The van der Waals surface area contributed by atoms with Gasteiger partial charge in [0.05, 0.1) is 0 Å². The van der Waals surface area contributed by atoms with Crippen LogP contribution in [0.5, 0.6) is 0 Å². The quantitative estimate of drug-likeness (QED) is 0.386. The van der Waals surface area contributed by atoms with Gasteiger partial charge in [-0.3, -0.25) is 0 Å². The average Bonchev–Trinajstić information content (AvgIpc) is 2.42. The van der Waals surface area contributed by atoms with E-state index in [-0.39, 0.29) is 0 Å². The van der Waals surface area contributed by atoms with Gasteiger partial charge in [-0.05, 0) is 27.7 Å². The smallest absolute Gasteiger partial charge is 0.412 e. The van der Waals surface area contributed by atoms with Crippen molar-refractivity contribution in [2.45, 2.75) is 64.3 Å². The van der Waals surface area contributed by atoms with Crippen LogP contribution in [0, 0.1) is 0 Å². The molecule has 0 atom stereocenters. The molecule has 1 heterocycles. The van der Waals surface area contributed by atoms with Crippen LogP contribution in [-0.2, 0) is 14.3 Å². The maximum atomic E-state index is 13.0. The summed E-state index contributed by atoms with van der Waals surface area (Å²) in [6.07, 6.45) is -17.0. The molecular formula is C13H14F9N3O3. The number of ether oxygens (including phenoxy) is 2. The Hall–Kier alpha value is -2.06. The Balaban J connectivity index is 3.81. The van der Waals surface area contributed by atoms with Gasteiger partial charge in [-0.15, -0.1) is 0 Å². The van der Waals surface area contributed by atoms with Gasteiger partial charge in [0.25, 0.3) is 0 Å². The predicted octanol–water partition coefficient (Wildman–Crippen LogP) is 3.77. The maximum Gasteiger partial charge on any atom is 0.491 e. The van der Waals surface area contributed by atoms with Crippen molar-refractivity contribution in [3.8, 4) is 0 Å². The Labute approximate surface area is 152 Å². The Morgan fingerprint density at radius 2 is 1.25 bits per heavy atom. The van der Waals surface area contributed by atoms with Crippen LogP contribution >= 0.6 is 0 Å². The van der Waals surface area contributed by atoms with Gasteiger partial charge >= 0.3 is 42.3 Å². The summed E-state index contributed by atoms with van der Waals surface area (Å²) in [5.41, 5.74) is 0. The second kappa shape index (κ2) is 7.40. The number of carbonyl (C=O) groups excluding carboxylic acids is 1. The molecule has 0 fully saturated rings. The molecule has 0 aromatic rings. The van der Waals surface area contributed by atoms with E-state index in [2.05, 4.69) is 19.5 Å².